The average Bonchev–Trinajstić information content (AvgIpc) is 2.80. The van der Waals surface area contributed by atoms with Crippen molar-refractivity contribution in [1.82, 2.24) is 0 Å². The molecule has 1 aliphatic heterocycles. The van der Waals surface area contributed by atoms with Crippen molar-refractivity contribution in [1.29, 1.82) is 0 Å². The zero-order valence-electron chi connectivity index (χ0n) is 11.3. The summed E-state index contributed by atoms with van der Waals surface area (Å²) in [5.41, 5.74) is 8.87. The van der Waals surface area contributed by atoms with Crippen LogP contribution in [0.4, 0.5) is 5.69 Å². The van der Waals surface area contributed by atoms with Gasteiger partial charge in [0.2, 0.25) is 0 Å². The molecule has 20 heavy (non-hydrogen) atoms. The van der Waals surface area contributed by atoms with Gasteiger partial charge in [-0.2, -0.15) is 0 Å². The van der Waals surface area contributed by atoms with Gasteiger partial charge in [-0.3, -0.25) is 4.21 Å². The molecule has 0 spiro atoms. The summed E-state index contributed by atoms with van der Waals surface area (Å²) >= 11 is 1.85. The fourth-order valence-corrected chi connectivity index (χ4v) is 5.53. The fraction of sp³-hybridized carbons (Fsp3) is 0.250. The summed E-state index contributed by atoms with van der Waals surface area (Å²) in [7, 11) is -0.958. The lowest BCUT2D eigenvalue weighted by atomic mass is 10.1. The molecule has 2 aromatic rings. The Morgan fingerprint density at radius 2 is 2.10 bits per heavy atom. The van der Waals surface area contributed by atoms with Crippen LogP contribution in [0.25, 0.3) is 0 Å². The molecule has 2 aromatic carbocycles. The number of rotatable bonds is 3. The minimum Gasteiger partial charge on any atom is -0.399 e. The smallest absolute Gasteiger partial charge is 0.0543 e. The van der Waals surface area contributed by atoms with Crippen LogP contribution in [0.3, 0.4) is 0 Å². The second kappa shape index (κ2) is 5.62. The van der Waals surface area contributed by atoms with Crippen LogP contribution >= 0.6 is 11.8 Å². The van der Waals surface area contributed by atoms with Crippen molar-refractivity contribution in [2.75, 3.05) is 11.5 Å². The van der Waals surface area contributed by atoms with Crippen LogP contribution < -0.4 is 5.73 Å². The van der Waals surface area contributed by atoms with Gasteiger partial charge in [-0.15, -0.1) is 11.8 Å². The molecule has 0 amide bonds. The molecular formula is C16H17NOS2. The van der Waals surface area contributed by atoms with Gasteiger partial charge in [0.25, 0.3) is 0 Å². The summed E-state index contributed by atoms with van der Waals surface area (Å²) in [5, 5.41) is 0.408. The van der Waals surface area contributed by atoms with Crippen molar-refractivity contribution in [3.8, 4) is 0 Å². The number of fused-ring (bicyclic) bond motifs is 1. The van der Waals surface area contributed by atoms with Gasteiger partial charge in [0.15, 0.2) is 0 Å². The molecule has 0 bridgehead atoms. The minimum atomic E-state index is -0.958. The quantitative estimate of drug-likeness (QED) is 0.884. The lowest BCUT2D eigenvalue weighted by Crippen LogP contribution is -2.13. The molecule has 104 valence electrons. The van der Waals surface area contributed by atoms with Gasteiger partial charge in [0.1, 0.15) is 0 Å². The molecule has 0 aromatic heterocycles. The molecular weight excluding hydrogens is 286 g/mol. The zero-order valence-corrected chi connectivity index (χ0v) is 13.0. The van der Waals surface area contributed by atoms with Crippen molar-refractivity contribution in [3.05, 3.63) is 53.6 Å². The van der Waals surface area contributed by atoms with Gasteiger partial charge in [-0.05, 0) is 48.7 Å². The fourth-order valence-electron chi connectivity index (χ4n) is 2.53. The molecule has 0 radical (unpaired) electrons. The van der Waals surface area contributed by atoms with Gasteiger partial charge < -0.3 is 5.73 Å². The molecule has 2 N–H and O–H groups in total. The molecule has 2 atom stereocenters. The van der Waals surface area contributed by atoms with E-state index in [9.17, 15) is 4.21 Å². The Labute approximate surface area is 126 Å². The monoisotopic (exact) mass is 303 g/mol. The maximum atomic E-state index is 12.5. The Hall–Kier alpha value is -1.26. The van der Waals surface area contributed by atoms with Crippen LogP contribution in [0.2, 0.25) is 0 Å². The molecule has 1 aliphatic rings. The van der Waals surface area contributed by atoms with Crippen molar-refractivity contribution in [3.63, 3.8) is 0 Å². The number of aryl methyl sites for hydroxylation is 1. The normalized spacial score (nSPS) is 18.8. The topological polar surface area (TPSA) is 43.1 Å². The Morgan fingerprint density at radius 3 is 2.85 bits per heavy atom. The predicted octanol–water partition coefficient (Wildman–Crippen LogP) is 3.40. The van der Waals surface area contributed by atoms with Crippen molar-refractivity contribution in [2.45, 2.75) is 28.4 Å². The van der Waals surface area contributed by atoms with Gasteiger partial charge in [0.05, 0.1) is 10.8 Å². The maximum absolute atomic E-state index is 12.5. The first-order valence-corrected chi connectivity index (χ1v) is 8.82. The van der Waals surface area contributed by atoms with Crippen LogP contribution in [0.5, 0.6) is 0 Å². The molecule has 3 rings (SSSR count). The number of thioether (sulfide) groups is 1. The van der Waals surface area contributed by atoms with E-state index in [-0.39, 0.29) is 0 Å². The Kier molecular flexibility index (Phi) is 3.85. The highest BCUT2D eigenvalue weighted by atomic mass is 32.2. The molecule has 0 saturated heterocycles. The van der Waals surface area contributed by atoms with Crippen molar-refractivity contribution >= 4 is 28.2 Å². The number of nitrogen functional groups attached to an aromatic ring is 1. The Bertz CT molecular complexity index is 644. The lowest BCUT2D eigenvalue weighted by molar-refractivity contribution is 0.681. The third kappa shape index (κ3) is 2.76. The Morgan fingerprint density at radius 1 is 1.30 bits per heavy atom. The summed E-state index contributed by atoms with van der Waals surface area (Å²) in [5.74, 6) is 0.699. The van der Waals surface area contributed by atoms with Crippen LogP contribution in [0, 0.1) is 6.92 Å². The second-order valence-corrected chi connectivity index (χ2v) is 7.90. The summed E-state index contributed by atoms with van der Waals surface area (Å²) < 4.78 is 12.5. The first-order chi connectivity index (χ1) is 9.63. The average molecular weight is 303 g/mol. The van der Waals surface area contributed by atoms with Crippen molar-refractivity contribution < 1.29 is 4.21 Å². The minimum absolute atomic E-state index is 0.408. The standard InChI is InChI=1S/C16H17NOS2/c1-11-8-13(17)6-7-16(11)20(18)10-14-9-12-4-2-3-5-15(12)19-14/h2-8,14H,9-10,17H2,1H3. The summed E-state index contributed by atoms with van der Waals surface area (Å²) in [6.07, 6.45) is 1.01. The largest absolute Gasteiger partial charge is 0.399 e. The molecule has 2 nitrogen and oxygen atoms in total. The molecule has 4 heteroatoms. The van der Waals surface area contributed by atoms with Gasteiger partial charge in [-0.1, -0.05) is 18.2 Å². The van der Waals surface area contributed by atoms with E-state index >= 15 is 0 Å². The molecule has 1 heterocycles. The highest BCUT2D eigenvalue weighted by Crippen LogP contribution is 2.37. The molecule has 2 unspecified atom stereocenters. The van der Waals surface area contributed by atoms with E-state index in [0.717, 1.165) is 22.6 Å². The lowest BCUT2D eigenvalue weighted by Gasteiger charge is -2.10. The van der Waals surface area contributed by atoms with Crippen LogP contribution in [0.15, 0.2) is 52.3 Å². The number of benzene rings is 2. The number of nitrogens with two attached hydrogens (primary N) is 1. The van der Waals surface area contributed by atoms with Crippen molar-refractivity contribution in [2.24, 2.45) is 0 Å². The number of hydrogen-bond acceptors (Lipinski definition) is 3. The number of anilines is 1. The second-order valence-electron chi connectivity index (χ2n) is 5.09. The van der Waals surface area contributed by atoms with Gasteiger partial charge in [-0.25, -0.2) is 0 Å². The molecule has 0 saturated carbocycles. The third-order valence-electron chi connectivity index (χ3n) is 3.50. The summed E-state index contributed by atoms with van der Waals surface area (Å²) in [6, 6.07) is 14.1. The van der Waals surface area contributed by atoms with Crippen LogP contribution in [0.1, 0.15) is 11.1 Å². The van der Waals surface area contributed by atoms with E-state index in [2.05, 4.69) is 24.3 Å². The van der Waals surface area contributed by atoms with E-state index in [4.69, 9.17) is 5.73 Å². The van der Waals surface area contributed by atoms with E-state index in [1.54, 1.807) is 0 Å². The van der Waals surface area contributed by atoms with Crippen LogP contribution in [-0.4, -0.2) is 15.2 Å². The SMILES string of the molecule is Cc1cc(N)ccc1S(=O)CC1Cc2ccccc2S1. The van der Waals surface area contributed by atoms with E-state index in [1.165, 1.54) is 10.5 Å². The highest BCUT2D eigenvalue weighted by molar-refractivity contribution is 8.01. The summed E-state index contributed by atoms with van der Waals surface area (Å²) in [6.45, 7) is 1.97. The third-order valence-corrected chi connectivity index (χ3v) is 6.68. The van der Waals surface area contributed by atoms with E-state index in [1.807, 2.05) is 36.9 Å². The van der Waals surface area contributed by atoms with E-state index < -0.39 is 10.8 Å². The highest BCUT2D eigenvalue weighted by Gasteiger charge is 2.24. The van der Waals surface area contributed by atoms with Gasteiger partial charge >= 0.3 is 0 Å². The van der Waals surface area contributed by atoms with E-state index in [0.29, 0.717) is 11.0 Å². The van der Waals surface area contributed by atoms with Gasteiger partial charge in [0, 0.05) is 26.5 Å². The number of hydrogen-bond donors (Lipinski definition) is 1. The molecule has 0 fully saturated rings. The zero-order chi connectivity index (χ0) is 14.1. The molecule has 0 aliphatic carbocycles. The Balaban J connectivity index is 1.72. The van der Waals surface area contributed by atoms with Crippen LogP contribution in [-0.2, 0) is 17.2 Å². The summed E-state index contributed by atoms with van der Waals surface area (Å²) in [4.78, 5) is 2.25. The first-order valence-electron chi connectivity index (χ1n) is 6.62. The predicted molar refractivity (Wildman–Crippen MR) is 86.7 cm³/mol. The first kappa shape index (κ1) is 13.7. The maximum Gasteiger partial charge on any atom is 0.0543 e.